The highest BCUT2D eigenvalue weighted by Gasteiger charge is 2.31. The van der Waals surface area contributed by atoms with Gasteiger partial charge in [-0.3, -0.25) is 9.59 Å². The number of carbonyl (C=O) groups excluding carboxylic acids is 1. The van der Waals surface area contributed by atoms with Gasteiger partial charge in [-0.2, -0.15) is 0 Å². The molecule has 0 radical (unpaired) electrons. The van der Waals surface area contributed by atoms with Crippen molar-refractivity contribution in [2.24, 2.45) is 17.8 Å². The molecule has 4 heteroatoms. The van der Waals surface area contributed by atoms with Gasteiger partial charge in [0.2, 0.25) is 0 Å². The predicted octanol–water partition coefficient (Wildman–Crippen LogP) is 3.11. The molecule has 110 valence electrons. The summed E-state index contributed by atoms with van der Waals surface area (Å²) in [4.78, 5) is 23.2. The molecule has 0 aliphatic carbocycles. The van der Waals surface area contributed by atoms with Crippen molar-refractivity contribution in [3.63, 3.8) is 0 Å². The Bertz CT molecular complexity index is 439. The number of carboxylic acid groups (broad SMARTS) is 1. The zero-order chi connectivity index (χ0) is 15.1. The van der Waals surface area contributed by atoms with E-state index in [9.17, 15) is 14.7 Å². The molecule has 0 aliphatic rings. The summed E-state index contributed by atoms with van der Waals surface area (Å²) in [5, 5.41) is 9.22. The van der Waals surface area contributed by atoms with Gasteiger partial charge in [0.05, 0.1) is 11.8 Å². The fraction of sp³-hybridized carbons (Fsp3) is 0.500. The SMILES string of the molecule is CC(C)C[C@@H](C(=O)O)[C@H](C)C(=O)OCc1ccccc1. The van der Waals surface area contributed by atoms with Crippen molar-refractivity contribution in [2.75, 3.05) is 0 Å². The molecule has 0 unspecified atom stereocenters. The van der Waals surface area contributed by atoms with Gasteiger partial charge in [-0.1, -0.05) is 51.1 Å². The fourth-order valence-electron chi connectivity index (χ4n) is 2.05. The average Bonchev–Trinajstić information content (AvgIpc) is 2.42. The molecule has 1 aromatic carbocycles. The smallest absolute Gasteiger partial charge is 0.309 e. The summed E-state index contributed by atoms with van der Waals surface area (Å²) >= 11 is 0. The minimum atomic E-state index is -0.942. The standard InChI is InChI=1S/C16H22O4/c1-11(2)9-14(15(17)18)12(3)16(19)20-10-13-7-5-4-6-8-13/h4-8,11-12,14H,9-10H2,1-3H3,(H,17,18)/t12-,14+/m0/s1. The van der Waals surface area contributed by atoms with Crippen molar-refractivity contribution in [2.45, 2.75) is 33.8 Å². The Morgan fingerprint density at radius 3 is 2.25 bits per heavy atom. The number of carbonyl (C=O) groups is 2. The van der Waals surface area contributed by atoms with Gasteiger partial charge in [0.15, 0.2) is 0 Å². The van der Waals surface area contributed by atoms with E-state index in [4.69, 9.17) is 4.74 Å². The van der Waals surface area contributed by atoms with Gasteiger partial charge in [-0.05, 0) is 17.9 Å². The number of hydrogen-bond acceptors (Lipinski definition) is 3. The van der Waals surface area contributed by atoms with E-state index in [0.717, 1.165) is 5.56 Å². The van der Waals surface area contributed by atoms with E-state index >= 15 is 0 Å². The Hall–Kier alpha value is -1.84. The minimum absolute atomic E-state index is 0.179. The molecule has 0 saturated carbocycles. The molecular weight excluding hydrogens is 256 g/mol. The second-order valence-electron chi connectivity index (χ2n) is 5.46. The molecule has 4 nitrogen and oxygen atoms in total. The van der Waals surface area contributed by atoms with Crippen LogP contribution in [0, 0.1) is 17.8 Å². The maximum atomic E-state index is 12.0. The summed E-state index contributed by atoms with van der Waals surface area (Å²) < 4.78 is 5.20. The molecule has 1 aromatic rings. The third-order valence-corrected chi connectivity index (χ3v) is 3.24. The lowest BCUT2D eigenvalue weighted by molar-refractivity contribution is -0.158. The number of carboxylic acids is 1. The topological polar surface area (TPSA) is 63.6 Å². The van der Waals surface area contributed by atoms with E-state index < -0.39 is 23.8 Å². The normalized spacial score (nSPS) is 13.8. The summed E-state index contributed by atoms with van der Waals surface area (Å²) in [6.07, 6.45) is 0.469. The lowest BCUT2D eigenvalue weighted by Crippen LogP contribution is -2.30. The molecule has 1 N–H and O–H groups in total. The second-order valence-corrected chi connectivity index (χ2v) is 5.46. The van der Waals surface area contributed by atoms with Crippen LogP contribution in [0.15, 0.2) is 30.3 Å². The highest BCUT2D eigenvalue weighted by molar-refractivity contribution is 5.80. The number of benzene rings is 1. The zero-order valence-electron chi connectivity index (χ0n) is 12.2. The average molecular weight is 278 g/mol. The van der Waals surface area contributed by atoms with E-state index in [2.05, 4.69) is 0 Å². The Morgan fingerprint density at radius 2 is 1.75 bits per heavy atom. The Kier molecular flexibility index (Phi) is 6.22. The molecule has 0 fully saturated rings. The van der Waals surface area contributed by atoms with E-state index in [1.165, 1.54) is 0 Å². The third-order valence-electron chi connectivity index (χ3n) is 3.24. The van der Waals surface area contributed by atoms with Gasteiger partial charge in [0.1, 0.15) is 6.61 Å². The van der Waals surface area contributed by atoms with Gasteiger partial charge < -0.3 is 9.84 Å². The Balaban J connectivity index is 2.58. The van der Waals surface area contributed by atoms with Gasteiger partial charge >= 0.3 is 11.9 Å². The van der Waals surface area contributed by atoms with E-state index in [-0.39, 0.29) is 12.5 Å². The first kappa shape index (κ1) is 16.2. The summed E-state index contributed by atoms with van der Waals surface area (Å²) in [7, 11) is 0. The predicted molar refractivity (Wildman–Crippen MR) is 76.0 cm³/mol. The van der Waals surface area contributed by atoms with Crippen LogP contribution in [0.1, 0.15) is 32.8 Å². The minimum Gasteiger partial charge on any atom is -0.481 e. The first-order valence-corrected chi connectivity index (χ1v) is 6.85. The van der Waals surface area contributed by atoms with Crippen LogP contribution in [0.4, 0.5) is 0 Å². The monoisotopic (exact) mass is 278 g/mol. The highest BCUT2D eigenvalue weighted by Crippen LogP contribution is 2.22. The number of rotatable bonds is 7. The van der Waals surface area contributed by atoms with Gasteiger partial charge in [0, 0.05) is 0 Å². The maximum absolute atomic E-state index is 12.0. The second kappa shape index (κ2) is 7.68. The van der Waals surface area contributed by atoms with Crippen LogP contribution < -0.4 is 0 Å². The molecule has 0 heterocycles. The molecule has 0 bridgehead atoms. The molecule has 0 spiro atoms. The van der Waals surface area contributed by atoms with Gasteiger partial charge in [-0.25, -0.2) is 0 Å². The van der Waals surface area contributed by atoms with Crippen molar-refractivity contribution >= 4 is 11.9 Å². The Morgan fingerprint density at radius 1 is 1.15 bits per heavy atom. The largest absolute Gasteiger partial charge is 0.481 e. The molecule has 0 saturated heterocycles. The summed E-state index contributed by atoms with van der Waals surface area (Å²) in [6, 6.07) is 9.34. The lowest BCUT2D eigenvalue weighted by atomic mass is 9.86. The van der Waals surface area contributed by atoms with Crippen LogP contribution in [-0.4, -0.2) is 17.0 Å². The number of esters is 1. The number of hydrogen-bond donors (Lipinski definition) is 1. The Labute approximate surface area is 119 Å². The van der Waals surface area contributed by atoms with Crippen molar-refractivity contribution in [1.82, 2.24) is 0 Å². The van der Waals surface area contributed by atoms with E-state index in [0.29, 0.717) is 6.42 Å². The van der Waals surface area contributed by atoms with Crippen molar-refractivity contribution in [3.05, 3.63) is 35.9 Å². The van der Waals surface area contributed by atoms with Crippen LogP contribution in [0.2, 0.25) is 0 Å². The van der Waals surface area contributed by atoms with Crippen LogP contribution >= 0.6 is 0 Å². The molecule has 0 amide bonds. The molecule has 1 rings (SSSR count). The molecule has 20 heavy (non-hydrogen) atoms. The van der Waals surface area contributed by atoms with Crippen molar-refractivity contribution in [1.29, 1.82) is 0 Å². The first-order chi connectivity index (χ1) is 9.41. The van der Waals surface area contributed by atoms with Gasteiger partial charge in [0.25, 0.3) is 0 Å². The molecule has 0 aromatic heterocycles. The fourth-order valence-corrected chi connectivity index (χ4v) is 2.05. The summed E-state index contributed by atoms with van der Waals surface area (Å²) in [5.74, 6) is -2.51. The first-order valence-electron chi connectivity index (χ1n) is 6.85. The van der Waals surface area contributed by atoms with Crippen LogP contribution in [0.3, 0.4) is 0 Å². The van der Waals surface area contributed by atoms with Crippen LogP contribution in [-0.2, 0) is 20.9 Å². The quantitative estimate of drug-likeness (QED) is 0.778. The van der Waals surface area contributed by atoms with Gasteiger partial charge in [-0.15, -0.1) is 0 Å². The summed E-state index contributed by atoms with van der Waals surface area (Å²) in [6.45, 7) is 5.68. The third kappa shape index (κ3) is 5.03. The van der Waals surface area contributed by atoms with Crippen LogP contribution in [0.5, 0.6) is 0 Å². The summed E-state index contributed by atoms with van der Waals surface area (Å²) in [5.41, 5.74) is 0.892. The zero-order valence-corrected chi connectivity index (χ0v) is 12.2. The van der Waals surface area contributed by atoms with E-state index in [1.807, 2.05) is 44.2 Å². The van der Waals surface area contributed by atoms with Crippen molar-refractivity contribution in [3.8, 4) is 0 Å². The number of aliphatic carboxylic acids is 1. The molecule has 0 aliphatic heterocycles. The van der Waals surface area contributed by atoms with E-state index in [1.54, 1.807) is 6.92 Å². The lowest BCUT2D eigenvalue weighted by Gasteiger charge is -2.20. The maximum Gasteiger partial charge on any atom is 0.309 e. The highest BCUT2D eigenvalue weighted by atomic mass is 16.5. The molecular formula is C16H22O4. The van der Waals surface area contributed by atoms with Crippen molar-refractivity contribution < 1.29 is 19.4 Å². The molecule has 2 atom stereocenters. The number of ether oxygens (including phenoxy) is 1. The van der Waals surface area contributed by atoms with Crippen LogP contribution in [0.25, 0.3) is 0 Å².